The third-order valence-corrected chi connectivity index (χ3v) is 3.52. The molecule has 0 N–H and O–H groups in total. The Morgan fingerprint density at radius 1 is 1.53 bits per heavy atom. The Morgan fingerprint density at radius 3 is 2.82 bits per heavy atom. The first-order valence-corrected chi connectivity index (χ1v) is 6.95. The molecular formula is C11H19NO4S. The summed E-state index contributed by atoms with van der Waals surface area (Å²) in [5.41, 5.74) is 0. The van der Waals surface area contributed by atoms with Gasteiger partial charge in [0.2, 0.25) is 0 Å². The molecule has 5 nitrogen and oxygen atoms in total. The molecule has 0 unspecified atom stereocenters. The highest BCUT2D eigenvalue weighted by atomic mass is 32.2. The highest BCUT2D eigenvalue weighted by Gasteiger charge is 2.44. The van der Waals surface area contributed by atoms with Crippen molar-refractivity contribution < 1.29 is 19.1 Å². The topological polar surface area (TPSA) is 55.8 Å². The average Bonchev–Trinajstić information content (AvgIpc) is 2.56. The number of esters is 1. The Kier molecular flexibility index (Phi) is 5.61. The van der Waals surface area contributed by atoms with E-state index in [1.54, 1.807) is 25.7 Å². The quantitative estimate of drug-likeness (QED) is 0.536. The molecule has 1 amide bonds. The van der Waals surface area contributed by atoms with Crippen LogP contribution in [-0.2, 0) is 14.3 Å². The molecule has 0 saturated carbocycles. The number of amides is 1. The van der Waals surface area contributed by atoms with Gasteiger partial charge in [0.1, 0.15) is 6.10 Å². The lowest BCUT2D eigenvalue weighted by molar-refractivity contribution is -0.148. The van der Waals surface area contributed by atoms with Crippen molar-refractivity contribution >= 4 is 23.8 Å². The summed E-state index contributed by atoms with van der Waals surface area (Å²) in [5.74, 6) is 1.51. The fraction of sp³-hybridized carbons (Fsp3) is 0.818. The van der Waals surface area contributed by atoms with E-state index in [0.29, 0.717) is 13.0 Å². The summed E-state index contributed by atoms with van der Waals surface area (Å²) in [5, 5.41) is 0. The smallest absolute Gasteiger partial charge is 0.410 e. The van der Waals surface area contributed by atoms with Crippen LogP contribution in [-0.4, -0.2) is 54.3 Å². The number of likely N-dealkylation sites (N-methyl/N-ethyl adjacent to an activating group) is 1. The normalized spacial score (nSPS) is 23.7. The predicted octanol–water partition coefficient (Wildman–Crippen LogP) is 1.51. The maximum atomic E-state index is 11.7. The van der Waals surface area contributed by atoms with Gasteiger partial charge in [-0.2, -0.15) is 11.8 Å². The Labute approximate surface area is 106 Å². The summed E-state index contributed by atoms with van der Waals surface area (Å²) in [4.78, 5) is 24.5. The van der Waals surface area contributed by atoms with Crippen LogP contribution in [0, 0.1) is 0 Å². The minimum Gasteiger partial charge on any atom is -0.464 e. The monoisotopic (exact) mass is 261 g/mol. The summed E-state index contributed by atoms with van der Waals surface area (Å²) in [6, 6.07) is -0.597. The third-order valence-electron chi connectivity index (χ3n) is 2.59. The lowest BCUT2D eigenvalue weighted by Crippen LogP contribution is -2.42. The first kappa shape index (κ1) is 14.2. The number of hydrogen-bond acceptors (Lipinski definition) is 5. The van der Waals surface area contributed by atoms with E-state index in [4.69, 9.17) is 9.47 Å². The zero-order valence-electron chi connectivity index (χ0n) is 10.5. The van der Waals surface area contributed by atoms with E-state index < -0.39 is 12.1 Å². The van der Waals surface area contributed by atoms with Crippen LogP contribution in [0.1, 0.15) is 20.3 Å². The van der Waals surface area contributed by atoms with Crippen LogP contribution in [0.25, 0.3) is 0 Å². The van der Waals surface area contributed by atoms with Crippen LogP contribution >= 0.6 is 11.8 Å². The summed E-state index contributed by atoms with van der Waals surface area (Å²) < 4.78 is 10.1. The molecule has 1 saturated heterocycles. The summed E-state index contributed by atoms with van der Waals surface area (Å²) >= 11 is 1.76. The molecule has 0 spiro atoms. The van der Waals surface area contributed by atoms with Gasteiger partial charge in [-0.15, -0.1) is 0 Å². The van der Waals surface area contributed by atoms with E-state index in [2.05, 4.69) is 6.92 Å². The first-order chi connectivity index (χ1) is 8.11. The number of hydrogen-bond donors (Lipinski definition) is 0. The number of carbonyl (C=O) groups excluding carboxylic acids is 2. The van der Waals surface area contributed by atoms with Gasteiger partial charge in [0.05, 0.1) is 6.61 Å². The lowest BCUT2D eigenvalue weighted by Gasteiger charge is -2.19. The fourth-order valence-corrected chi connectivity index (χ4v) is 2.43. The van der Waals surface area contributed by atoms with Crippen molar-refractivity contribution in [2.24, 2.45) is 0 Å². The van der Waals surface area contributed by atoms with Crippen LogP contribution in [0.4, 0.5) is 4.79 Å². The van der Waals surface area contributed by atoms with Gasteiger partial charge >= 0.3 is 12.1 Å². The van der Waals surface area contributed by atoms with Gasteiger partial charge in [0, 0.05) is 7.05 Å². The Bertz CT molecular complexity index is 285. The Balaban J connectivity index is 2.60. The number of ether oxygens (including phenoxy) is 2. The van der Waals surface area contributed by atoms with Crippen molar-refractivity contribution in [3.8, 4) is 0 Å². The van der Waals surface area contributed by atoms with Crippen molar-refractivity contribution in [3.63, 3.8) is 0 Å². The number of cyclic esters (lactones) is 1. The van der Waals surface area contributed by atoms with Crippen molar-refractivity contribution in [1.82, 2.24) is 4.90 Å². The van der Waals surface area contributed by atoms with Gasteiger partial charge in [0.15, 0.2) is 6.04 Å². The summed E-state index contributed by atoms with van der Waals surface area (Å²) in [6.45, 7) is 4.13. The molecule has 0 aliphatic carbocycles. The van der Waals surface area contributed by atoms with E-state index in [1.165, 1.54) is 4.90 Å². The molecule has 0 radical (unpaired) electrons. The first-order valence-electron chi connectivity index (χ1n) is 5.79. The molecule has 0 bridgehead atoms. The van der Waals surface area contributed by atoms with Crippen LogP contribution < -0.4 is 0 Å². The summed E-state index contributed by atoms with van der Waals surface area (Å²) in [6.07, 6.45) is -0.155. The molecule has 1 heterocycles. The lowest BCUT2D eigenvalue weighted by atomic mass is 10.1. The molecule has 2 atom stereocenters. The van der Waals surface area contributed by atoms with E-state index in [-0.39, 0.29) is 12.1 Å². The molecule has 0 aromatic rings. The van der Waals surface area contributed by atoms with E-state index in [9.17, 15) is 9.59 Å². The fourth-order valence-electron chi connectivity index (χ4n) is 1.74. The highest BCUT2D eigenvalue weighted by Crippen LogP contribution is 2.23. The van der Waals surface area contributed by atoms with Crippen LogP contribution in [0.3, 0.4) is 0 Å². The zero-order valence-corrected chi connectivity index (χ0v) is 11.3. The molecule has 0 aromatic carbocycles. The van der Waals surface area contributed by atoms with Crippen molar-refractivity contribution in [3.05, 3.63) is 0 Å². The number of rotatable bonds is 6. The van der Waals surface area contributed by atoms with Gasteiger partial charge in [-0.1, -0.05) is 6.92 Å². The van der Waals surface area contributed by atoms with Crippen molar-refractivity contribution in [2.45, 2.75) is 32.4 Å². The second-order valence-electron chi connectivity index (χ2n) is 3.72. The van der Waals surface area contributed by atoms with E-state index in [1.807, 2.05) is 0 Å². The number of carbonyl (C=O) groups is 2. The second-order valence-corrected chi connectivity index (χ2v) is 5.11. The SMILES string of the molecule is CCOC(=O)[C@@H]1[C@@H](CCSCC)OC(=O)N1C. The largest absolute Gasteiger partial charge is 0.464 e. The van der Waals surface area contributed by atoms with Crippen LogP contribution in [0.2, 0.25) is 0 Å². The average molecular weight is 261 g/mol. The van der Waals surface area contributed by atoms with Gasteiger partial charge in [-0.05, 0) is 24.9 Å². The molecule has 1 fully saturated rings. The van der Waals surface area contributed by atoms with Gasteiger partial charge in [-0.3, -0.25) is 4.90 Å². The van der Waals surface area contributed by atoms with Gasteiger partial charge in [0.25, 0.3) is 0 Å². The molecule has 17 heavy (non-hydrogen) atoms. The van der Waals surface area contributed by atoms with Crippen LogP contribution in [0.5, 0.6) is 0 Å². The van der Waals surface area contributed by atoms with Crippen molar-refractivity contribution in [2.75, 3.05) is 25.2 Å². The maximum Gasteiger partial charge on any atom is 0.410 e. The molecule has 0 aromatic heterocycles. The van der Waals surface area contributed by atoms with Crippen LogP contribution in [0.15, 0.2) is 0 Å². The zero-order chi connectivity index (χ0) is 12.8. The minimum absolute atomic E-state index is 0.313. The Morgan fingerprint density at radius 2 is 2.24 bits per heavy atom. The van der Waals surface area contributed by atoms with E-state index >= 15 is 0 Å². The minimum atomic E-state index is -0.597. The number of nitrogens with zero attached hydrogens (tertiary/aromatic N) is 1. The standard InChI is InChI=1S/C11H19NO4S/c1-4-15-10(13)9-8(6-7-17-5-2)16-11(14)12(9)3/h8-9H,4-7H2,1-3H3/t8-,9+/m1/s1. The van der Waals surface area contributed by atoms with E-state index in [0.717, 1.165) is 11.5 Å². The molecule has 98 valence electrons. The van der Waals surface area contributed by atoms with Crippen molar-refractivity contribution in [1.29, 1.82) is 0 Å². The molecule has 1 aliphatic heterocycles. The highest BCUT2D eigenvalue weighted by molar-refractivity contribution is 7.99. The molecule has 6 heteroatoms. The third kappa shape index (κ3) is 3.52. The second kappa shape index (κ2) is 6.74. The molecule has 1 aliphatic rings. The summed E-state index contributed by atoms with van der Waals surface area (Å²) in [7, 11) is 1.57. The molecule has 1 rings (SSSR count). The number of thioether (sulfide) groups is 1. The Hall–Kier alpha value is -0.910. The maximum absolute atomic E-state index is 11.7. The van der Waals surface area contributed by atoms with Gasteiger partial charge in [-0.25, -0.2) is 9.59 Å². The predicted molar refractivity (Wildman–Crippen MR) is 66.1 cm³/mol. The molecular weight excluding hydrogens is 242 g/mol. The van der Waals surface area contributed by atoms with Gasteiger partial charge < -0.3 is 9.47 Å².